The van der Waals surface area contributed by atoms with Crippen LogP contribution >= 0.6 is 0 Å². The van der Waals surface area contributed by atoms with Crippen LogP contribution in [0.25, 0.3) is 0 Å². The van der Waals surface area contributed by atoms with Crippen LogP contribution in [-0.2, 0) is 32.6 Å². The molecule has 1 aliphatic carbocycles. The lowest BCUT2D eigenvalue weighted by Gasteiger charge is -2.35. The number of hydrogen-bond acceptors (Lipinski definition) is 5. The summed E-state index contributed by atoms with van der Waals surface area (Å²) in [6.07, 6.45) is 5.34. The van der Waals surface area contributed by atoms with Gasteiger partial charge in [-0.15, -0.1) is 0 Å². The molecule has 2 amide bonds. The zero-order valence-corrected chi connectivity index (χ0v) is 27.9. The van der Waals surface area contributed by atoms with Crippen molar-refractivity contribution in [3.8, 4) is 5.75 Å². The number of carbonyl (C=O) groups excluding carboxylic acids is 2. The Kier molecular flexibility index (Phi) is 11.3. The summed E-state index contributed by atoms with van der Waals surface area (Å²) in [5.74, 6) is -0.193. The summed E-state index contributed by atoms with van der Waals surface area (Å²) in [5, 5.41) is 3.25. The Bertz CT molecular complexity index is 1720. The molecule has 0 radical (unpaired) electrons. The van der Waals surface area contributed by atoms with Crippen LogP contribution in [0.15, 0.2) is 114 Å². The van der Waals surface area contributed by atoms with Gasteiger partial charge in [0.1, 0.15) is 18.3 Å². The SMILES string of the molecule is COc1ccc(S(=O)(=O)N(CC(=O)N(Cc2cccc(C)c2)[C@H](Cc2ccccc2)C(=O)NC2CCCCC2)c2ccccc2)cc1. The van der Waals surface area contributed by atoms with Crippen LogP contribution in [0.1, 0.15) is 48.8 Å². The van der Waals surface area contributed by atoms with Crippen molar-refractivity contribution >= 4 is 27.5 Å². The second-order valence-electron chi connectivity index (χ2n) is 12.1. The van der Waals surface area contributed by atoms with Gasteiger partial charge < -0.3 is 15.0 Å². The third-order valence-electron chi connectivity index (χ3n) is 8.63. The summed E-state index contributed by atoms with van der Waals surface area (Å²) in [5.41, 5.74) is 3.13. The molecule has 0 spiro atoms. The molecule has 0 heterocycles. The first-order valence-electron chi connectivity index (χ1n) is 16.2. The highest BCUT2D eigenvalue weighted by Gasteiger charge is 2.35. The molecule has 0 aliphatic heterocycles. The smallest absolute Gasteiger partial charge is 0.264 e. The van der Waals surface area contributed by atoms with Crippen molar-refractivity contribution in [2.24, 2.45) is 0 Å². The first-order valence-corrected chi connectivity index (χ1v) is 17.6. The van der Waals surface area contributed by atoms with Crippen LogP contribution < -0.4 is 14.4 Å². The first kappa shape index (κ1) is 33.7. The molecule has 0 saturated heterocycles. The average molecular weight is 654 g/mol. The minimum absolute atomic E-state index is 0.0241. The Morgan fingerprint density at radius 2 is 1.47 bits per heavy atom. The molecule has 246 valence electrons. The molecule has 0 bridgehead atoms. The van der Waals surface area contributed by atoms with E-state index in [4.69, 9.17) is 4.74 Å². The lowest BCUT2D eigenvalue weighted by molar-refractivity contribution is -0.140. The summed E-state index contributed by atoms with van der Waals surface area (Å²) < 4.78 is 34.7. The highest BCUT2D eigenvalue weighted by molar-refractivity contribution is 7.92. The first-order chi connectivity index (χ1) is 22.7. The average Bonchev–Trinajstić information content (AvgIpc) is 3.10. The zero-order valence-electron chi connectivity index (χ0n) is 27.0. The fraction of sp³-hybridized carbons (Fsp3) is 0.316. The van der Waals surface area contributed by atoms with Crippen LogP contribution in [0.3, 0.4) is 0 Å². The second-order valence-corrected chi connectivity index (χ2v) is 13.9. The molecule has 0 aromatic heterocycles. The molecule has 1 N–H and O–H groups in total. The Hall–Kier alpha value is -4.63. The van der Waals surface area contributed by atoms with Crippen molar-refractivity contribution in [1.82, 2.24) is 10.2 Å². The van der Waals surface area contributed by atoms with E-state index in [1.165, 1.54) is 19.2 Å². The Morgan fingerprint density at radius 1 is 0.830 bits per heavy atom. The fourth-order valence-corrected chi connectivity index (χ4v) is 7.52. The monoisotopic (exact) mass is 653 g/mol. The van der Waals surface area contributed by atoms with Gasteiger partial charge in [0.2, 0.25) is 11.8 Å². The van der Waals surface area contributed by atoms with Gasteiger partial charge >= 0.3 is 0 Å². The summed E-state index contributed by atoms with van der Waals surface area (Å²) in [7, 11) is -2.67. The fourth-order valence-electron chi connectivity index (χ4n) is 6.10. The summed E-state index contributed by atoms with van der Waals surface area (Å²) >= 11 is 0. The molecular formula is C38H43N3O5S. The van der Waals surface area contributed by atoms with Crippen molar-refractivity contribution in [2.75, 3.05) is 18.0 Å². The molecule has 1 fully saturated rings. The molecule has 0 unspecified atom stereocenters. The Morgan fingerprint density at radius 3 is 2.11 bits per heavy atom. The number of rotatable bonds is 13. The molecule has 1 atom stereocenters. The highest BCUT2D eigenvalue weighted by atomic mass is 32.2. The number of benzene rings is 4. The normalized spacial score (nSPS) is 14.2. The van der Waals surface area contributed by atoms with Crippen molar-refractivity contribution in [1.29, 1.82) is 0 Å². The molecule has 1 saturated carbocycles. The molecule has 5 rings (SSSR count). The minimum atomic E-state index is -4.19. The second kappa shape index (κ2) is 15.8. The lowest BCUT2D eigenvalue weighted by Crippen LogP contribution is -2.55. The van der Waals surface area contributed by atoms with Gasteiger partial charge in [-0.05, 0) is 67.3 Å². The number of amides is 2. The minimum Gasteiger partial charge on any atom is -0.497 e. The third kappa shape index (κ3) is 8.80. The molecule has 1 aliphatic rings. The van der Waals surface area contributed by atoms with Crippen LogP contribution in [0.2, 0.25) is 0 Å². The van der Waals surface area contributed by atoms with Crippen molar-refractivity contribution < 1.29 is 22.7 Å². The van der Waals surface area contributed by atoms with Gasteiger partial charge in [0.15, 0.2) is 0 Å². The molecule has 8 nitrogen and oxygen atoms in total. The van der Waals surface area contributed by atoms with E-state index in [9.17, 15) is 18.0 Å². The van der Waals surface area contributed by atoms with Crippen molar-refractivity contribution in [3.05, 3.63) is 126 Å². The summed E-state index contributed by atoms with van der Waals surface area (Å²) in [6.45, 7) is 1.62. The van der Waals surface area contributed by atoms with Crippen LogP contribution in [0.5, 0.6) is 5.75 Å². The Labute approximate surface area is 278 Å². The van der Waals surface area contributed by atoms with E-state index < -0.39 is 28.5 Å². The highest BCUT2D eigenvalue weighted by Crippen LogP contribution is 2.27. The number of anilines is 1. The predicted molar refractivity (Wildman–Crippen MR) is 185 cm³/mol. The number of carbonyl (C=O) groups is 2. The molecular weight excluding hydrogens is 611 g/mol. The van der Waals surface area contributed by atoms with E-state index in [-0.39, 0.29) is 29.8 Å². The number of nitrogens with zero attached hydrogens (tertiary/aromatic N) is 2. The van der Waals surface area contributed by atoms with Gasteiger partial charge in [-0.25, -0.2) is 8.42 Å². The van der Waals surface area contributed by atoms with Crippen LogP contribution in [-0.4, -0.2) is 50.9 Å². The molecule has 4 aromatic carbocycles. The van der Waals surface area contributed by atoms with E-state index in [2.05, 4.69) is 5.32 Å². The summed E-state index contributed by atoms with van der Waals surface area (Å²) in [4.78, 5) is 30.4. The van der Waals surface area contributed by atoms with Crippen molar-refractivity contribution in [2.45, 2.75) is 69.0 Å². The van der Waals surface area contributed by atoms with Crippen LogP contribution in [0.4, 0.5) is 5.69 Å². The number of ether oxygens (including phenoxy) is 1. The topological polar surface area (TPSA) is 96.0 Å². The lowest BCUT2D eigenvalue weighted by atomic mass is 9.94. The van der Waals surface area contributed by atoms with Gasteiger partial charge in [-0.1, -0.05) is 97.6 Å². The Balaban J connectivity index is 1.54. The van der Waals surface area contributed by atoms with Gasteiger partial charge in [-0.3, -0.25) is 13.9 Å². The van der Waals surface area contributed by atoms with E-state index in [0.29, 0.717) is 11.4 Å². The number of para-hydroxylation sites is 1. The molecule has 9 heteroatoms. The van der Waals surface area contributed by atoms with Gasteiger partial charge in [-0.2, -0.15) is 0 Å². The van der Waals surface area contributed by atoms with E-state index >= 15 is 0 Å². The van der Waals surface area contributed by atoms with Gasteiger partial charge in [0.05, 0.1) is 17.7 Å². The third-order valence-corrected chi connectivity index (χ3v) is 10.4. The van der Waals surface area contributed by atoms with Crippen molar-refractivity contribution in [3.63, 3.8) is 0 Å². The van der Waals surface area contributed by atoms with Gasteiger partial charge in [0, 0.05) is 19.0 Å². The largest absolute Gasteiger partial charge is 0.497 e. The number of hydrogen-bond donors (Lipinski definition) is 1. The zero-order chi connectivity index (χ0) is 33.2. The maximum absolute atomic E-state index is 14.6. The number of methoxy groups -OCH3 is 1. The number of aryl methyl sites for hydroxylation is 1. The van der Waals surface area contributed by atoms with Gasteiger partial charge in [0.25, 0.3) is 10.0 Å². The maximum atomic E-state index is 14.6. The maximum Gasteiger partial charge on any atom is 0.264 e. The van der Waals surface area contributed by atoms with E-state index in [1.807, 2.05) is 61.5 Å². The predicted octanol–water partition coefficient (Wildman–Crippen LogP) is 6.29. The number of sulfonamides is 1. The quantitative estimate of drug-likeness (QED) is 0.183. The number of nitrogens with one attached hydrogen (secondary N) is 1. The molecule has 47 heavy (non-hydrogen) atoms. The van der Waals surface area contributed by atoms with E-state index in [0.717, 1.165) is 53.1 Å². The standard InChI is InChI=1S/C38H43N3O5S/c1-29-13-12-16-31(25-29)27-40(36(26-30-14-6-3-7-15-30)38(43)39-32-17-8-4-9-18-32)37(42)28-41(33-19-10-5-11-20-33)47(44,45)35-23-21-34(46-2)22-24-35/h3,5-7,10-16,19-25,32,36H,4,8-9,17-18,26-28H2,1-2H3,(H,39,43)/t36-/m1/s1. The van der Waals surface area contributed by atoms with Crippen LogP contribution in [0, 0.1) is 6.92 Å². The van der Waals surface area contributed by atoms with E-state index in [1.54, 1.807) is 47.4 Å². The molecule has 4 aromatic rings. The summed E-state index contributed by atoms with van der Waals surface area (Å²) in [6, 6.07) is 31.3.